The van der Waals surface area contributed by atoms with E-state index in [9.17, 15) is 0 Å². The molecule has 0 aliphatic heterocycles. The van der Waals surface area contributed by atoms with Gasteiger partial charge < -0.3 is 4.74 Å². The van der Waals surface area contributed by atoms with Crippen molar-refractivity contribution in [3.05, 3.63) is 17.5 Å². The fourth-order valence-electron chi connectivity index (χ4n) is 0.625. The second kappa shape index (κ2) is 5.35. The van der Waals surface area contributed by atoms with Crippen LogP contribution in [0, 0.1) is 0 Å². The predicted molar refractivity (Wildman–Crippen MR) is 49.6 cm³/mol. The van der Waals surface area contributed by atoms with Crippen LogP contribution in [0.2, 0.25) is 5.15 Å². The zero-order chi connectivity index (χ0) is 8.81. The SMILES string of the molecule is COCCSc1cncc(Cl)n1. The monoisotopic (exact) mass is 204 g/mol. The largest absolute Gasteiger partial charge is 0.384 e. The van der Waals surface area contributed by atoms with Crippen LogP contribution in [0.5, 0.6) is 0 Å². The Hall–Kier alpha value is -0.320. The van der Waals surface area contributed by atoms with Gasteiger partial charge in [-0.2, -0.15) is 0 Å². The summed E-state index contributed by atoms with van der Waals surface area (Å²) in [5.74, 6) is 0.867. The van der Waals surface area contributed by atoms with Gasteiger partial charge in [-0.1, -0.05) is 11.6 Å². The third-order valence-corrected chi connectivity index (χ3v) is 2.17. The molecule has 0 N–H and O–H groups in total. The maximum atomic E-state index is 5.64. The Kier molecular flexibility index (Phi) is 4.35. The lowest BCUT2D eigenvalue weighted by Crippen LogP contribution is -1.92. The lowest BCUT2D eigenvalue weighted by molar-refractivity contribution is 0.218. The molecule has 0 atom stereocenters. The average molecular weight is 205 g/mol. The molecule has 0 amide bonds. The first kappa shape index (κ1) is 9.77. The minimum Gasteiger partial charge on any atom is -0.384 e. The number of hydrogen-bond acceptors (Lipinski definition) is 4. The summed E-state index contributed by atoms with van der Waals surface area (Å²) in [5, 5.41) is 1.26. The molecule has 0 saturated heterocycles. The summed E-state index contributed by atoms with van der Waals surface area (Å²) in [7, 11) is 1.67. The van der Waals surface area contributed by atoms with Gasteiger partial charge in [0.15, 0.2) is 0 Å². The van der Waals surface area contributed by atoms with Crippen molar-refractivity contribution in [3.63, 3.8) is 0 Å². The summed E-state index contributed by atoms with van der Waals surface area (Å²) in [6.07, 6.45) is 3.20. The number of rotatable bonds is 4. The number of halogens is 1. The second-order valence-electron chi connectivity index (χ2n) is 2.02. The molecule has 3 nitrogen and oxygen atoms in total. The summed E-state index contributed by atoms with van der Waals surface area (Å²) in [4.78, 5) is 7.96. The van der Waals surface area contributed by atoms with Crippen molar-refractivity contribution < 1.29 is 4.74 Å². The molecule has 0 aliphatic rings. The van der Waals surface area contributed by atoms with Crippen molar-refractivity contribution in [2.75, 3.05) is 19.5 Å². The van der Waals surface area contributed by atoms with Gasteiger partial charge in [-0.25, -0.2) is 4.98 Å². The van der Waals surface area contributed by atoms with Crippen molar-refractivity contribution in [1.29, 1.82) is 0 Å². The van der Waals surface area contributed by atoms with Crippen LogP contribution in [0.3, 0.4) is 0 Å². The highest BCUT2D eigenvalue weighted by Gasteiger charge is 1.96. The van der Waals surface area contributed by atoms with Gasteiger partial charge in [0.05, 0.1) is 19.0 Å². The highest BCUT2D eigenvalue weighted by molar-refractivity contribution is 7.99. The molecule has 1 aromatic rings. The van der Waals surface area contributed by atoms with Crippen molar-refractivity contribution in [1.82, 2.24) is 9.97 Å². The lowest BCUT2D eigenvalue weighted by atomic mass is 10.8. The smallest absolute Gasteiger partial charge is 0.148 e. The van der Waals surface area contributed by atoms with E-state index in [0.717, 1.165) is 10.8 Å². The number of ether oxygens (including phenoxy) is 1. The predicted octanol–water partition coefficient (Wildman–Crippen LogP) is 1.87. The van der Waals surface area contributed by atoms with Crippen LogP contribution in [0.25, 0.3) is 0 Å². The average Bonchev–Trinajstić information content (AvgIpc) is 2.05. The Balaban J connectivity index is 2.41. The Morgan fingerprint density at radius 2 is 2.42 bits per heavy atom. The number of nitrogens with zero attached hydrogens (tertiary/aromatic N) is 2. The van der Waals surface area contributed by atoms with E-state index in [0.29, 0.717) is 11.8 Å². The van der Waals surface area contributed by atoms with Crippen molar-refractivity contribution in [2.45, 2.75) is 5.03 Å². The van der Waals surface area contributed by atoms with Gasteiger partial charge in [-0.05, 0) is 0 Å². The molecule has 5 heteroatoms. The highest BCUT2D eigenvalue weighted by Crippen LogP contribution is 2.15. The Labute approximate surface area is 80.5 Å². The van der Waals surface area contributed by atoms with Crippen LogP contribution in [0.4, 0.5) is 0 Å². The van der Waals surface area contributed by atoms with Crippen molar-refractivity contribution in [2.24, 2.45) is 0 Å². The maximum Gasteiger partial charge on any atom is 0.148 e. The number of aromatic nitrogens is 2. The third kappa shape index (κ3) is 3.38. The summed E-state index contributed by atoms with van der Waals surface area (Å²) >= 11 is 7.22. The Morgan fingerprint density at radius 3 is 3.08 bits per heavy atom. The van der Waals surface area contributed by atoms with Gasteiger partial charge in [-0.15, -0.1) is 11.8 Å². The van der Waals surface area contributed by atoms with Crippen LogP contribution >= 0.6 is 23.4 Å². The molecule has 0 spiro atoms. The number of methoxy groups -OCH3 is 1. The normalized spacial score (nSPS) is 10.2. The standard InChI is InChI=1S/C7H9ClN2OS/c1-11-2-3-12-7-5-9-4-6(8)10-7/h4-5H,2-3H2,1H3. The van der Waals surface area contributed by atoms with Crippen molar-refractivity contribution in [3.8, 4) is 0 Å². The molecule has 12 heavy (non-hydrogen) atoms. The van der Waals surface area contributed by atoms with E-state index in [4.69, 9.17) is 16.3 Å². The Morgan fingerprint density at radius 1 is 1.58 bits per heavy atom. The molecule has 0 radical (unpaired) electrons. The molecular weight excluding hydrogens is 196 g/mol. The van der Waals surface area contributed by atoms with E-state index < -0.39 is 0 Å². The van der Waals surface area contributed by atoms with Gasteiger partial charge in [0.25, 0.3) is 0 Å². The first-order valence-electron chi connectivity index (χ1n) is 3.42. The van der Waals surface area contributed by atoms with E-state index in [1.807, 2.05) is 0 Å². The first-order valence-corrected chi connectivity index (χ1v) is 4.78. The van der Waals surface area contributed by atoms with Crippen molar-refractivity contribution >= 4 is 23.4 Å². The van der Waals surface area contributed by atoms with Crippen LogP contribution in [0.15, 0.2) is 17.4 Å². The molecule has 0 bridgehead atoms. The summed E-state index contributed by atoms with van der Waals surface area (Å²) < 4.78 is 4.89. The van der Waals surface area contributed by atoms with Gasteiger partial charge in [0.2, 0.25) is 0 Å². The van der Waals surface area contributed by atoms with Crippen LogP contribution < -0.4 is 0 Å². The molecule has 66 valence electrons. The number of thioether (sulfide) groups is 1. The third-order valence-electron chi connectivity index (χ3n) is 1.12. The first-order chi connectivity index (χ1) is 5.83. The van der Waals surface area contributed by atoms with E-state index in [1.54, 1.807) is 25.1 Å². The highest BCUT2D eigenvalue weighted by atomic mass is 35.5. The fourth-order valence-corrected chi connectivity index (χ4v) is 1.58. The molecule has 0 saturated carbocycles. The second-order valence-corrected chi connectivity index (χ2v) is 3.52. The summed E-state index contributed by atoms with van der Waals surface area (Å²) in [6, 6.07) is 0. The van der Waals surface area contributed by atoms with Gasteiger partial charge in [0.1, 0.15) is 10.2 Å². The van der Waals surface area contributed by atoms with E-state index in [1.165, 1.54) is 6.20 Å². The maximum absolute atomic E-state index is 5.64. The zero-order valence-corrected chi connectivity index (χ0v) is 8.23. The van der Waals surface area contributed by atoms with Gasteiger partial charge >= 0.3 is 0 Å². The summed E-state index contributed by atoms with van der Waals surface area (Å²) in [5.41, 5.74) is 0. The molecule has 0 aliphatic carbocycles. The molecule has 1 heterocycles. The van der Waals surface area contributed by atoms with Gasteiger partial charge in [0, 0.05) is 12.9 Å². The minimum absolute atomic E-state index is 0.428. The van der Waals surface area contributed by atoms with Crippen LogP contribution in [0.1, 0.15) is 0 Å². The topological polar surface area (TPSA) is 35.0 Å². The Bertz CT molecular complexity index is 247. The molecule has 0 aromatic carbocycles. The number of hydrogen-bond donors (Lipinski definition) is 0. The molecule has 1 aromatic heterocycles. The molecule has 0 fully saturated rings. The van der Waals surface area contributed by atoms with Crippen LogP contribution in [-0.2, 0) is 4.74 Å². The zero-order valence-electron chi connectivity index (χ0n) is 6.66. The molecule has 0 unspecified atom stereocenters. The van der Waals surface area contributed by atoms with E-state index in [-0.39, 0.29) is 0 Å². The molecular formula is C7H9ClN2OS. The minimum atomic E-state index is 0.428. The lowest BCUT2D eigenvalue weighted by Gasteiger charge is -1.98. The van der Waals surface area contributed by atoms with Gasteiger partial charge in [-0.3, -0.25) is 4.98 Å². The quantitative estimate of drug-likeness (QED) is 0.554. The fraction of sp³-hybridized carbons (Fsp3) is 0.429. The summed E-state index contributed by atoms with van der Waals surface area (Å²) in [6.45, 7) is 0.707. The molecule has 1 rings (SSSR count). The van der Waals surface area contributed by atoms with Crippen LogP contribution in [-0.4, -0.2) is 29.4 Å². The van der Waals surface area contributed by atoms with E-state index >= 15 is 0 Å². The van der Waals surface area contributed by atoms with E-state index in [2.05, 4.69) is 9.97 Å².